The SMILES string of the molecule is C/C=C1/C(CC(=O)OCCc2ccc(O[C@@H]3O[C@H](CO)[C@@H](O)[C@H](O)[C@H]3O)c(O)c2)C(C(=O)OCCc2ccc(O)c(O)c2)=CO[C@H]1O[C@@H]1O[C@H](CO)[C@@H](O)[C@H](O)[C@H]1O. The van der Waals surface area contributed by atoms with Crippen molar-refractivity contribution in [1.82, 2.24) is 0 Å². The van der Waals surface area contributed by atoms with Crippen molar-refractivity contribution in [3.05, 3.63) is 71.0 Å². The van der Waals surface area contributed by atoms with E-state index in [4.69, 9.17) is 33.2 Å². The number of phenolic OH excluding ortho intramolecular Hbond substituents is 3. The van der Waals surface area contributed by atoms with Crippen LogP contribution in [0.25, 0.3) is 0 Å². The number of aliphatic hydroxyl groups is 8. The second kappa shape index (κ2) is 19.9. The number of aliphatic hydroxyl groups excluding tert-OH is 8. The van der Waals surface area contributed by atoms with Gasteiger partial charge in [-0.3, -0.25) is 4.79 Å². The van der Waals surface area contributed by atoms with Gasteiger partial charge in [0, 0.05) is 24.3 Å². The molecule has 0 aliphatic carbocycles. The maximum atomic E-state index is 13.4. The molecule has 1 unspecified atom stereocenters. The first kappa shape index (κ1) is 44.5. The van der Waals surface area contributed by atoms with Crippen LogP contribution < -0.4 is 4.74 Å². The molecule has 0 saturated carbocycles. The van der Waals surface area contributed by atoms with Crippen molar-refractivity contribution in [3.8, 4) is 23.0 Å². The van der Waals surface area contributed by atoms with Gasteiger partial charge in [0.2, 0.25) is 12.6 Å². The summed E-state index contributed by atoms with van der Waals surface area (Å²) >= 11 is 0. The monoisotopic (exact) mass is 824 g/mol. The number of carbonyl (C=O) groups is 2. The normalized spacial score (nSPS) is 31.9. The fourth-order valence-corrected chi connectivity index (χ4v) is 6.49. The molecule has 2 aromatic carbocycles. The zero-order valence-corrected chi connectivity index (χ0v) is 31.1. The highest BCUT2D eigenvalue weighted by Crippen LogP contribution is 2.37. The van der Waals surface area contributed by atoms with Crippen LogP contribution in [-0.2, 0) is 50.9 Å². The Bertz CT molecular complexity index is 1780. The summed E-state index contributed by atoms with van der Waals surface area (Å²) in [5, 5.41) is 110. The third-order valence-corrected chi connectivity index (χ3v) is 9.85. The predicted molar refractivity (Wildman–Crippen MR) is 191 cm³/mol. The number of benzene rings is 2. The highest BCUT2D eigenvalue weighted by Gasteiger charge is 2.47. The van der Waals surface area contributed by atoms with E-state index in [1.807, 2.05) is 0 Å². The van der Waals surface area contributed by atoms with Crippen molar-refractivity contribution < 1.29 is 98.9 Å². The van der Waals surface area contributed by atoms with E-state index in [0.29, 0.717) is 11.1 Å². The molecule has 2 aromatic rings. The molecule has 2 fully saturated rings. The number of allylic oxidation sites excluding steroid dienone is 1. The molecule has 3 heterocycles. The summed E-state index contributed by atoms with van der Waals surface area (Å²) in [5.41, 5.74) is 1.09. The second-order valence-electron chi connectivity index (χ2n) is 13.7. The molecular weight excluding hydrogens is 776 g/mol. The molecule has 12 atom stereocenters. The van der Waals surface area contributed by atoms with Crippen LogP contribution in [0.3, 0.4) is 0 Å². The Morgan fingerprint density at radius 2 is 1.28 bits per heavy atom. The van der Waals surface area contributed by atoms with Crippen LogP contribution in [0.5, 0.6) is 23.0 Å². The molecular formula is C38H48O20. The third kappa shape index (κ3) is 10.3. The van der Waals surface area contributed by atoms with Gasteiger partial charge in [-0.05, 0) is 42.3 Å². The van der Waals surface area contributed by atoms with Crippen LogP contribution in [0.15, 0.2) is 59.9 Å². The lowest BCUT2D eigenvalue weighted by molar-refractivity contribution is -0.327. The molecule has 0 radical (unpaired) electrons. The first-order valence-electron chi connectivity index (χ1n) is 18.3. The maximum absolute atomic E-state index is 13.4. The fourth-order valence-electron chi connectivity index (χ4n) is 6.49. The highest BCUT2D eigenvalue weighted by molar-refractivity contribution is 5.91. The molecule has 3 aliphatic heterocycles. The largest absolute Gasteiger partial charge is 0.504 e. The van der Waals surface area contributed by atoms with Crippen LogP contribution in [0, 0.1) is 5.92 Å². The van der Waals surface area contributed by atoms with Crippen LogP contribution >= 0.6 is 0 Å². The number of aromatic hydroxyl groups is 3. The van der Waals surface area contributed by atoms with Crippen LogP contribution in [0.1, 0.15) is 24.5 Å². The first-order valence-corrected chi connectivity index (χ1v) is 18.3. The smallest absolute Gasteiger partial charge is 0.337 e. The summed E-state index contributed by atoms with van der Waals surface area (Å²) < 4.78 is 38.7. The van der Waals surface area contributed by atoms with Crippen molar-refractivity contribution >= 4 is 11.9 Å². The van der Waals surface area contributed by atoms with Crippen LogP contribution in [0.2, 0.25) is 0 Å². The Balaban J connectivity index is 1.24. The molecule has 20 nitrogen and oxygen atoms in total. The maximum Gasteiger partial charge on any atom is 0.337 e. The van der Waals surface area contributed by atoms with E-state index in [9.17, 15) is 65.8 Å². The molecule has 320 valence electrons. The zero-order chi connectivity index (χ0) is 42.3. The zero-order valence-electron chi connectivity index (χ0n) is 31.1. The summed E-state index contributed by atoms with van der Waals surface area (Å²) in [6.07, 6.45) is -15.0. The van der Waals surface area contributed by atoms with Gasteiger partial charge in [-0.1, -0.05) is 18.2 Å². The standard InChI is InChI=1S/C38H48O20/c1-2-19-20(13-28(44)52-9-7-18-4-6-25(24(43)12-18)55-37-33(49)31(47)29(45)26(14-39)56-37)21(35(51)53-10-8-17-3-5-22(41)23(42)11-17)16-54-36(19)58-38-34(50)32(48)30(46)27(15-40)57-38/h2-6,11-12,16,20,26-27,29-34,36-43,45-50H,7-10,13-15H2,1H3/b19-2-/t20?,26-,27-,29-,30-,31+,32+,33-,34-,36+,37-,38+/m1/s1. The lowest BCUT2D eigenvalue weighted by Gasteiger charge is -2.42. The quantitative estimate of drug-likeness (QED) is 0.0519. The molecule has 5 rings (SSSR count). The van der Waals surface area contributed by atoms with Crippen molar-refractivity contribution in [2.75, 3.05) is 26.4 Å². The van der Waals surface area contributed by atoms with Crippen molar-refractivity contribution in [1.29, 1.82) is 0 Å². The highest BCUT2D eigenvalue weighted by atomic mass is 16.8. The summed E-state index contributed by atoms with van der Waals surface area (Å²) in [4.78, 5) is 26.7. The number of ether oxygens (including phenoxy) is 7. The lowest BCUT2D eigenvalue weighted by atomic mass is 9.86. The van der Waals surface area contributed by atoms with Crippen molar-refractivity contribution in [2.45, 2.75) is 93.9 Å². The van der Waals surface area contributed by atoms with Crippen molar-refractivity contribution in [3.63, 3.8) is 0 Å². The van der Waals surface area contributed by atoms with E-state index in [2.05, 4.69) is 0 Å². The lowest BCUT2D eigenvalue weighted by Crippen LogP contribution is -2.60. The molecule has 2 saturated heterocycles. The van der Waals surface area contributed by atoms with Gasteiger partial charge < -0.3 is 89.3 Å². The fraction of sp³-hybridized carbons (Fsp3) is 0.526. The van der Waals surface area contributed by atoms with Crippen molar-refractivity contribution in [2.24, 2.45) is 5.92 Å². The number of phenols is 3. The predicted octanol–water partition coefficient (Wildman–Crippen LogP) is -2.14. The molecule has 0 amide bonds. The summed E-state index contributed by atoms with van der Waals surface area (Å²) in [6, 6.07) is 8.24. The summed E-state index contributed by atoms with van der Waals surface area (Å²) in [6.45, 7) is -0.212. The second-order valence-corrected chi connectivity index (χ2v) is 13.7. The minimum absolute atomic E-state index is 0.0876. The van der Waals surface area contributed by atoms with Gasteiger partial charge in [-0.2, -0.15) is 0 Å². The van der Waals surface area contributed by atoms with Crippen LogP contribution in [0.4, 0.5) is 0 Å². The Kier molecular flexibility index (Phi) is 15.3. The van der Waals surface area contributed by atoms with Gasteiger partial charge in [-0.25, -0.2) is 4.79 Å². The van der Waals surface area contributed by atoms with Gasteiger partial charge >= 0.3 is 11.9 Å². The number of esters is 2. The minimum atomic E-state index is -1.79. The molecule has 3 aliphatic rings. The van der Waals surface area contributed by atoms with E-state index in [-0.39, 0.29) is 54.5 Å². The number of hydrogen-bond acceptors (Lipinski definition) is 20. The molecule has 58 heavy (non-hydrogen) atoms. The molecule has 11 N–H and O–H groups in total. The van der Waals surface area contributed by atoms with Gasteiger partial charge in [-0.15, -0.1) is 0 Å². The Morgan fingerprint density at radius 3 is 1.86 bits per heavy atom. The van der Waals surface area contributed by atoms with Gasteiger partial charge in [0.25, 0.3) is 0 Å². The Labute approximate surface area is 330 Å². The topological polar surface area (TPSA) is 321 Å². The third-order valence-electron chi connectivity index (χ3n) is 9.85. The summed E-state index contributed by atoms with van der Waals surface area (Å²) in [5.74, 6) is -4.00. The first-order chi connectivity index (χ1) is 27.7. The Morgan fingerprint density at radius 1 is 0.707 bits per heavy atom. The number of rotatable bonds is 15. The van der Waals surface area contributed by atoms with Crippen LogP contribution in [-0.4, -0.2) is 162 Å². The van der Waals surface area contributed by atoms with E-state index < -0.39 is 111 Å². The van der Waals surface area contributed by atoms with E-state index >= 15 is 0 Å². The molecule has 0 spiro atoms. The average molecular weight is 825 g/mol. The molecule has 0 bridgehead atoms. The summed E-state index contributed by atoms with van der Waals surface area (Å²) in [7, 11) is 0. The van der Waals surface area contributed by atoms with E-state index in [0.717, 1.165) is 6.26 Å². The average Bonchev–Trinajstić information content (AvgIpc) is 3.20. The van der Waals surface area contributed by atoms with Gasteiger partial charge in [0.15, 0.2) is 29.3 Å². The van der Waals surface area contributed by atoms with E-state index in [1.165, 1.54) is 42.5 Å². The minimum Gasteiger partial charge on any atom is -0.504 e. The molecule has 0 aromatic heterocycles. The molecule has 20 heteroatoms. The van der Waals surface area contributed by atoms with Gasteiger partial charge in [0.05, 0.1) is 44.7 Å². The van der Waals surface area contributed by atoms with Gasteiger partial charge in [0.1, 0.15) is 48.8 Å². The number of carbonyl (C=O) groups excluding carboxylic acids is 2. The number of hydrogen-bond donors (Lipinski definition) is 11. The Hall–Kier alpha value is -4.58. The van der Waals surface area contributed by atoms with E-state index in [1.54, 1.807) is 6.92 Å².